The Morgan fingerprint density at radius 1 is 1.44 bits per heavy atom. The SMILES string of the molecule is O=C(O)c1cc2c(nc1Sc1ncn[nH]1)CCC2. The summed E-state index contributed by atoms with van der Waals surface area (Å²) in [5, 5.41) is 16.7. The number of H-pyrrole nitrogens is 1. The number of fused-ring (bicyclic) bond motifs is 1. The zero-order valence-electron chi connectivity index (χ0n) is 9.38. The fourth-order valence-electron chi connectivity index (χ4n) is 2.02. The Morgan fingerprint density at radius 3 is 3.06 bits per heavy atom. The highest BCUT2D eigenvalue weighted by atomic mass is 32.2. The maximum Gasteiger partial charge on any atom is 0.338 e. The molecule has 0 saturated heterocycles. The summed E-state index contributed by atoms with van der Waals surface area (Å²) in [7, 11) is 0. The molecule has 0 aliphatic heterocycles. The Bertz CT molecular complexity index is 597. The monoisotopic (exact) mass is 262 g/mol. The number of aromatic carboxylic acids is 1. The molecular formula is C11H10N4O2S. The lowest BCUT2D eigenvalue weighted by molar-refractivity contribution is 0.0692. The largest absolute Gasteiger partial charge is 0.478 e. The van der Waals surface area contributed by atoms with E-state index in [0.29, 0.717) is 10.2 Å². The van der Waals surface area contributed by atoms with Crippen molar-refractivity contribution in [2.75, 3.05) is 0 Å². The first-order chi connectivity index (χ1) is 8.74. The normalized spacial score (nSPS) is 13.6. The van der Waals surface area contributed by atoms with Crippen LogP contribution in [0, 0.1) is 0 Å². The number of aromatic amines is 1. The number of carbonyl (C=O) groups is 1. The summed E-state index contributed by atoms with van der Waals surface area (Å²) < 4.78 is 0. The van der Waals surface area contributed by atoms with Crippen LogP contribution in [0.5, 0.6) is 0 Å². The van der Waals surface area contributed by atoms with Crippen LogP contribution < -0.4 is 0 Å². The van der Waals surface area contributed by atoms with Gasteiger partial charge in [-0.05, 0) is 42.7 Å². The summed E-state index contributed by atoms with van der Waals surface area (Å²) in [6.45, 7) is 0. The predicted molar refractivity (Wildman–Crippen MR) is 63.7 cm³/mol. The summed E-state index contributed by atoms with van der Waals surface area (Å²) in [5.41, 5.74) is 2.29. The number of aromatic nitrogens is 4. The minimum Gasteiger partial charge on any atom is -0.478 e. The molecular weight excluding hydrogens is 252 g/mol. The molecule has 2 aromatic heterocycles. The summed E-state index contributed by atoms with van der Waals surface area (Å²) in [5.74, 6) is -0.959. The zero-order chi connectivity index (χ0) is 12.5. The van der Waals surface area contributed by atoms with Gasteiger partial charge in [0, 0.05) is 5.69 Å². The zero-order valence-corrected chi connectivity index (χ0v) is 10.2. The van der Waals surface area contributed by atoms with Gasteiger partial charge in [-0.3, -0.25) is 5.10 Å². The van der Waals surface area contributed by atoms with Gasteiger partial charge < -0.3 is 5.11 Å². The molecule has 0 spiro atoms. The van der Waals surface area contributed by atoms with Crippen LogP contribution in [0.2, 0.25) is 0 Å². The first-order valence-electron chi connectivity index (χ1n) is 5.53. The number of nitrogens with one attached hydrogen (secondary N) is 1. The van der Waals surface area contributed by atoms with Crippen LogP contribution in [-0.2, 0) is 12.8 Å². The molecule has 7 heteroatoms. The van der Waals surface area contributed by atoms with Crippen LogP contribution >= 0.6 is 11.8 Å². The number of aryl methyl sites for hydroxylation is 2. The van der Waals surface area contributed by atoms with E-state index in [1.165, 1.54) is 18.1 Å². The van der Waals surface area contributed by atoms with Gasteiger partial charge in [0.15, 0.2) is 5.16 Å². The highest BCUT2D eigenvalue weighted by molar-refractivity contribution is 7.99. The van der Waals surface area contributed by atoms with Crippen molar-refractivity contribution < 1.29 is 9.90 Å². The van der Waals surface area contributed by atoms with Crippen molar-refractivity contribution in [1.82, 2.24) is 20.2 Å². The summed E-state index contributed by atoms with van der Waals surface area (Å²) in [4.78, 5) is 19.7. The van der Waals surface area contributed by atoms with Crippen LogP contribution in [0.25, 0.3) is 0 Å². The van der Waals surface area contributed by atoms with E-state index < -0.39 is 5.97 Å². The molecule has 0 fully saturated rings. The predicted octanol–water partition coefficient (Wildman–Crippen LogP) is 1.54. The topological polar surface area (TPSA) is 91.8 Å². The lowest BCUT2D eigenvalue weighted by Crippen LogP contribution is -2.04. The van der Waals surface area contributed by atoms with Crippen LogP contribution in [-0.4, -0.2) is 31.2 Å². The lowest BCUT2D eigenvalue weighted by Gasteiger charge is -2.06. The summed E-state index contributed by atoms with van der Waals surface area (Å²) >= 11 is 1.19. The Hall–Kier alpha value is -1.89. The quantitative estimate of drug-likeness (QED) is 0.871. The molecule has 6 nitrogen and oxygen atoms in total. The number of carboxylic acid groups (broad SMARTS) is 1. The molecule has 0 unspecified atom stereocenters. The molecule has 0 amide bonds. The van der Waals surface area contributed by atoms with E-state index in [1.807, 2.05) is 0 Å². The van der Waals surface area contributed by atoms with Gasteiger partial charge in [0.2, 0.25) is 0 Å². The number of nitrogens with zero attached hydrogens (tertiary/aromatic N) is 3. The van der Waals surface area contributed by atoms with Crippen LogP contribution in [0.1, 0.15) is 28.0 Å². The molecule has 2 heterocycles. The van der Waals surface area contributed by atoms with E-state index in [2.05, 4.69) is 20.2 Å². The molecule has 0 radical (unpaired) electrons. The van der Waals surface area contributed by atoms with Crippen LogP contribution in [0.3, 0.4) is 0 Å². The average Bonchev–Trinajstić information content (AvgIpc) is 2.97. The number of carboxylic acids is 1. The highest BCUT2D eigenvalue weighted by Crippen LogP contribution is 2.30. The fourth-order valence-corrected chi connectivity index (χ4v) is 2.81. The minimum absolute atomic E-state index is 0.233. The highest BCUT2D eigenvalue weighted by Gasteiger charge is 2.21. The summed E-state index contributed by atoms with van der Waals surface area (Å²) in [6.07, 6.45) is 4.25. The van der Waals surface area contributed by atoms with Gasteiger partial charge in [0.05, 0.1) is 5.56 Å². The van der Waals surface area contributed by atoms with Gasteiger partial charge in [0.25, 0.3) is 0 Å². The third kappa shape index (κ3) is 1.97. The molecule has 3 rings (SSSR count). The van der Waals surface area contributed by atoms with E-state index in [0.717, 1.165) is 30.5 Å². The van der Waals surface area contributed by atoms with Gasteiger partial charge in [-0.2, -0.15) is 5.10 Å². The third-order valence-corrected chi connectivity index (χ3v) is 3.73. The van der Waals surface area contributed by atoms with Gasteiger partial charge in [-0.25, -0.2) is 14.8 Å². The maximum absolute atomic E-state index is 11.3. The Balaban J connectivity index is 2.03. The lowest BCUT2D eigenvalue weighted by atomic mass is 10.1. The van der Waals surface area contributed by atoms with E-state index in [9.17, 15) is 9.90 Å². The van der Waals surface area contributed by atoms with Crippen molar-refractivity contribution >= 4 is 17.7 Å². The van der Waals surface area contributed by atoms with Gasteiger partial charge in [0.1, 0.15) is 11.4 Å². The molecule has 92 valence electrons. The number of rotatable bonds is 3. The second kappa shape index (κ2) is 4.41. The Kier molecular flexibility index (Phi) is 2.75. The molecule has 0 atom stereocenters. The van der Waals surface area contributed by atoms with Crippen molar-refractivity contribution in [1.29, 1.82) is 0 Å². The van der Waals surface area contributed by atoms with E-state index in [1.54, 1.807) is 6.07 Å². The molecule has 1 aliphatic rings. The third-order valence-electron chi connectivity index (χ3n) is 2.83. The molecule has 1 aliphatic carbocycles. The molecule has 0 aromatic carbocycles. The molecule has 2 aromatic rings. The van der Waals surface area contributed by atoms with Crippen molar-refractivity contribution in [3.05, 3.63) is 29.2 Å². The second-order valence-electron chi connectivity index (χ2n) is 4.00. The maximum atomic E-state index is 11.3. The minimum atomic E-state index is -0.959. The molecule has 18 heavy (non-hydrogen) atoms. The van der Waals surface area contributed by atoms with Gasteiger partial charge >= 0.3 is 5.97 Å². The van der Waals surface area contributed by atoms with Crippen molar-refractivity contribution in [2.45, 2.75) is 29.4 Å². The van der Waals surface area contributed by atoms with Crippen LogP contribution in [0.15, 0.2) is 22.6 Å². The van der Waals surface area contributed by atoms with Crippen molar-refractivity contribution in [3.63, 3.8) is 0 Å². The van der Waals surface area contributed by atoms with Gasteiger partial charge in [-0.1, -0.05) is 0 Å². The Morgan fingerprint density at radius 2 is 2.33 bits per heavy atom. The van der Waals surface area contributed by atoms with E-state index in [4.69, 9.17) is 0 Å². The van der Waals surface area contributed by atoms with Gasteiger partial charge in [-0.15, -0.1) is 0 Å². The number of hydrogen-bond acceptors (Lipinski definition) is 5. The molecule has 0 bridgehead atoms. The van der Waals surface area contributed by atoms with E-state index >= 15 is 0 Å². The average molecular weight is 262 g/mol. The Labute approximate surface area is 107 Å². The van der Waals surface area contributed by atoms with Crippen LogP contribution in [0.4, 0.5) is 0 Å². The first-order valence-corrected chi connectivity index (χ1v) is 6.35. The number of pyridine rings is 1. The van der Waals surface area contributed by atoms with Crippen molar-refractivity contribution in [3.8, 4) is 0 Å². The molecule has 2 N–H and O–H groups in total. The fraction of sp³-hybridized carbons (Fsp3) is 0.273. The van der Waals surface area contributed by atoms with Crippen molar-refractivity contribution in [2.24, 2.45) is 0 Å². The smallest absolute Gasteiger partial charge is 0.338 e. The summed E-state index contributed by atoms with van der Waals surface area (Å²) in [6, 6.07) is 1.73. The standard InChI is InChI=1S/C11H10N4O2S/c16-10(17)7-4-6-2-1-3-8(6)14-9(7)18-11-12-5-13-15-11/h4-5H,1-3H2,(H,16,17)(H,12,13,15). The van der Waals surface area contributed by atoms with E-state index in [-0.39, 0.29) is 5.56 Å². The second-order valence-corrected chi connectivity index (χ2v) is 4.98. The first kappa shape index (κ1) is 11.2. The number of hydrogen-bond donors (Lipinski definition) is 2. The molecule has 0 saturated carbocycles.